The molecule has 1 heterocycles. The summed E-state index contributed by atoms with van der Waals surface area (Å²) in [4.78, 5) is 0. The molecule has 0 saturated carbocycles. The lowest BCUT2D eigenvalue weighted by Crippen LogP contribution is -2.61. The Kier molecular flexibility index (Phi) is 12.4. The minimum absolute atomic E-state index is 0.375. The van der Waals surface area contributed by atoms with Crippen LogP contribution in [0.5, 0.6) is 0 Å². The van der Waals surface area contributed by atoms with Crippen LogP contribution in [-0.2, 0) is 43.5 Å². The van der Waals surface area contributed by atoms with E-state index in [0.29, 0.717) is 32.7 Å². The Morgan fingerprint density at radius 3 is 1.70 bits per heavy atom. The monoisotopic (exact) mass is 546 g/mol. The zero-order valence-corrected chi connectivity index (χ0v) is 23.3. The van der Waals surface area contributed by atoms with Gasteiger partial charge in [-0.1, -0.05) is 97.1 Å². The van der Waals surface area contributed by atoms with E-state index in [-0.39, 0.29) is 0 Å². The van der Waals surface area contributed by atoms with Gasteiger partial charge in [-0.2, -0.15) is 0 Å². The van der Waals surface area contributed by atoms with Crippen LogP contribution in [0.1, 0.15) is 42.4 Å². The lowest BCUT2D eigenvalue weighted by Gasteiger charge is -2.46. The van der Waals surface area contributed by atoms with E-state index < -0.39 is 36.8 Å². The highest BCUT2D eigenvalue weighted by Crippen LogP contribution is 2.33. The molecular weight excluding hydrogens is 504 g/mol. The van der Waals surface area contributed by atoms with Crippen molar-refractivity contribution in [2.45, 2.75) is 82.3 Å². The summed E-state index contributed by atoms with van der Waals surface area (Å²) in [6.45, 7) is 4.93. The van der Waals surface area contributed by atoms with Crippen molar-refractivity contribution in [3.63, 3.8) is 0 Å². The maximum Gasteiger partial charge on any atom is 0.186 e. The highest BCUT2D eigenvalue weighted by Gasteiger charge is 2.49. The molecular formula is C34H42O6. The molecule has 6 atom stereocenters. The summed E-state index contributed by atoms with van der Waals surface area (Å²) in [5, 5.41) is 10.9. The zero-order valence-electron chi connectivity index (χ0n) is 23.3. The average molecular weight is 547 g/mol. The maximum atomic E-state index is 10.9. The Balaban J connectivity index is 1.59. The fourth-order valence-electron chi connectivity index (χ4n) is 5.01. The third-order valence-electron chi connectivity index (χ3n) is 7.13. The van der Waals surface area contributed by atoms with Crippen LogP contribution in [0.25, 0.3) is 0 Å². The van der Waals surface area contributed by atoms with Crippen molar-refractivity contribution in [2.75, 3.05) is 7.11 Å². The molecule has 1 saturated heterocycles. The normalized spacial score (nSPS) is 23.5. The standard InChI is InChI=1S/C34H42O6/c1-3-4-8-21-29(35)22-30-31(37-23-26-15-9-5-10-16-26)32(38-24-27-17-11-6-12-18-27)33(34(36-2)40-30)39-25-28-19-13-7-14-20-28/h3,5-7,9-20,29-35H,1,4,8,21-25H2,2H3/t29-,30-,31-,32+,33-,34+/m1/s1. The Morgan fingerprint density at radius 1 is 0.750 bits per heavy atom. The van der Waals surface area contributed by atoms with Crippen LogP contribution < -0.4 is 0 Å². The average Bonchev–Trinajstić information content (AvgIpc) is 3.00. The molecule has 0 amide bonds. The Labute approximate surface area is 238 Å². The number of methoxy groups -OCH3 is 1. The van der Waals surface area contributed by atoms with Crippen molar-refractivity contribution in [3.05, 3.63) is 120 Å². The number of aliphatic hydroxyl groups excluding tert-OH is 1. The summed E-state index contributed by atoms with van der Waals surface area (Å²) in [5.74, 6) is 0. The van der Waals surface area contributed by atoms with Crippen LogP contribution in [0, 0.1) is 0 Å². The molecule has 4 rings (SSSR count). The first-order chi connectivity index (χ1) is 19.7. The van der Waals surface area contributed by atoms with E-state index in [0.717, 1.165) is 29.5 Å². The van der Waals surface area contributed by atoms with Gasteiger partial charge in [0.05, 0.1) is 32.0 Å². The number of ether oxygens (including phenoxy) is 5. The molecule has 3 aromatic rings. The van der Waals surface area contributed by atoms with Gasteiger partial charge in [0.25, 0.3) is 0 Å². The molecule has 1 N–H and O–H groups in total. The van der Waals surface area contributed by atoms with Crippen molar-refractivity contribution in [2.24, 2.45) is 0 Å². The zero-order chi connectivity index (χ0) is 28.0. The molecule has 214 valence electrons. The SMILES string of the molecule is C=CCCC[C@@H](O)C[C@H]1O[C@H](OC)[C@H](OCc2ccccc2)[C@@H](OCc2ccccc2)[C@@H]1OCc1ccccc1. The third-order valence-corrected chi connectivity index (χ3v) is 7.13. The van der Waals surface area contributed by atoms with Gasteiger partial charge in [0.15, 0.2) is 6.29 Å². The molecule has 0 radical (unpaired) electrons. The summed E-state index contributed by atoms with van der Waals surface area (Å²) in [6.07, 6.45) is 1.39. The molecule has 40 heavy (non-hydrogen) atoms. The quantitative estimate of drug-likeness (QED) is 0.170. The Morgan fingerprint density at radius 2 is 1.23 bits per heavy atom. The molecule has 6 nitrogen and oxygen atoms in total. The highest BCUT2D eigenvalue weighted by molar-refractivity contribution is 5.15. The molecule has 0 unspecified atom stereocenters. The molecule has 1 aliphatic rings. The van der Waals surface area contributed by atoms with Crippen molar-refractivity contribution in [1.29, 1.82) is 0 Å². The predicted octanol–water partition coefficient (Wildman–Crippen LogP) is 6.22. The number of hydrogen-bond donors (Lipinski definition) is 1. The smallest absolute Gasteiger partial charge is 0.186 e. The summed E-state index contributed by atoms with van der Waals surface area (Å²) in [6, 6.07) is 30.1. The Hall–Kier alpha value is -2.84. The van der Waals surface area contributed by atoms with Gasteiger partial charge in [-0.25, -0.2) is 0 Å². The van der Waals surface area contributed by atoms with Crippen molar-refractivity contribution < 1.29 is 28.8 Å². The number of unbranched alkanes of at least 4 members (excludes halogenated alkanes) is 1. The number of rotatable bonds is 16. The predicted molar refractivity (Wildman–Crippen MR) is 155 cm³/mol. The van der Waals surface area contributed by atoms with Crippen LogP contribution in [0.15, 0.2) is 104 Å². The maximum absolute atomic E-state index is 10.9. The van der Waals surface area contributed by atoms with Crippen LogP contribution in [0.4, 0.5) is 0 Å². The molecule has 6 heteroatoms. The molecule has 3 aromatic carbocycles. The van der Waals surface area contributed by atoms with Gasteiger partial charge in [-0.3, -0.25) is 0 Å². The van der Waals surface area contributed by atoms with E-state index in [1.807, 2.05) is 97.1 Å². The molecule has 0 aliphatic carbocycles. The first kappa shape index (κ1) is 30.1. The second-order valence-corrected chi connectivity index (χ2v) is 10.2. The third kappa shape index (κ3) is 9.10. The van der Waals surface area contributed by atoms with Gasteiger partial charge in [-0.15, -0.1) is 6.58 Å². The summed E-state index contributed by atoms with van der Waals surface area (Å²) < 4.78 is 31.9. The van der Waals surface area contributed by atoms with Crippen molar-refractivity contribution in [3.8, 4) is 0 Å². The first-order valence-electron chi connectivity index (χ1n) is 14.1. The van der Waals surface area contributed by atoms with Gasteiger partial charge in [-0.05, 0) is 36.0 Å². The summed E-state index contributed by atoms with van der Waals surface area (Å²) >= 11 is 0. The first-order valence-corrected chi connectivity index (χ1v) is 14.1. The summed E-state index contributed by atoms with van der Waals surface area (Å²) in [7, 11) is 1.61. The van der Waals surface area contributed by atoms with Gasteiger partial charge in [0, 0.05) is 13.5 Å². The van der Waals surface area contributed by atoms with Gasteiger partial charge >= 0.3 is 0 Å². The highest BCUT2D eigenvalue weighted by atomic mass is 16.7. The van der Waals surface area contributed by atoms with E-state index in [4.69, 9.17) is 23.7 Å². The van der Waals surface area contributed by atoms with E-state index in [2.05, 4.69) is 6.58 Å². The lowest BCUT2D eigenvalue weighted by atomic mass is 9.92. The van der Waals surface area contributed by atoms with Crippen LogP contribution in [0.3, 0.4) is 0 Å². The molecule has 0 spiro atoms. The lowest BCUT2D eigenvalue weighted by molar-refractivity contribution is -0.320. The minimum Gasteiger partial charge on any atom is -0.393 e. The van der Waals surface area contributed by atoms with Crippen molar-refractivity contribution >= 4 is 0 Å². The summed E-state index contributed by atoms with van der Waals surface area (Å²) in [5.41, 5.74) is 3.14. The van der Waals surface area contributed by atoms with Crippen LogP contribution in [0.2, 0.25) is 0 Å². The second kappa shape index (κ2) is 16.4. The largest absolute Gasteiger partial charge is 0.393 e. The fraction of sp³-hybridized carbons (Fsp3) is 0.412. The van der Waals surface area contributed by atoms with E-state index in [9.17, 15) is 5.11 Å². The fourth-order valence-corrected chi connectivity index (χ4v) is 5.01. The number of hydrogen-bond acceptors (Lipinski definition) is 6. The van der Waals surface area contributed by atoms with E-state index in [1.54, 1.807) is 7.11 Å². The van der Waals surface area contributed by atoms with E-state index >= 15 is 0 Å². The van der Waals surface area contributed by atoms with Gasteiger partial charge in [0.2, 0.25) is 0 Å². The second-order valence-electron chi connectivity index (χ2n) is 10.2. The molecule has 1 aliphatic heterocycles. The topological polar surface area (TPSA) is 66.4 Å². The number of aliphatic hydroxyl groups is 1. The van der Waals surface area contributed by atoms with Gasteiger partial charge in [0.1, 0.15) is 18.3 Å². The Bertz CT molecular complexity index is 1090. The minimum atomic E-state index is -0.688. The van der Waals surface area contributed by atoms with Gasteiger partial charge < -0.3 is 28.8 Å². The number of benzene rings is 3. The van der Waals surface area contributed by atoms with E-state index in [1.165, 1.54) is 0 Å². The number of allylic oxidation sites excluding steroid dienone is 1. The molecule has 1 fully saturated rings. The molecule has 0 bridgehead atoms. The molecule has 0 aromatic heterocycles. The van der Waals surface area contributed by atoms with Crippen molar-refractivity contribution in [1.82, 2.24) is 0 Å². The van der Waals surface area contributed by atoms with Crippen LogP contribution in [-0.4, -0.2) is 49.0 Å². The van der Waals surface area contributed by atoms with Crippen LogP contribution >= 0.6 is 0 Å².